The van der Waals surface area contributed by atoms with Crippen LogP contribution in [0.15, 0.2) is 35.7 Å². The lowest BCUT2D eigenvalue weighted by Gasteiger charge is -2.13. The molecule has 0 saturated carbocycles. The molecule has 1 aromatic heterocycles. The molecule has 0 atom stereocenters. The maximum Gasteiger partial charge on any atom is 0.308 e. The van der Waals surface area contributed by atoms with Crippen molar-refractivity contribution in [1.82, 2.24) is 5.32 Å². The first-order chi connectivity index (χ1) is 12.5. The molecule has 0 aliphatic rings. The van der Waals surface area contributed by atoms with Gasteiger partial charge < -0.3 is 15.4 Å². The SMILES string of the molecule is CCc1cccc(C)c1NC(=O)COC(=O)CCNC(=O)c1cccs1. The summed E-state index contributed by atoms with van der Waals surface area (Å²) >= 11 is 1.33. The van der Waals surface area contributed by atoms with Gasteiger partial charge in [0.25, 0.3) is 11.8 Å². The van der Waals surface area contributed by atoms with Gasteiger partial charge in [0.15, 0.2) is 6.61 Å². The third kappa shape index (κ3) is 5.70. The Labute approximate surface area is 156 Å². The van der Waals surface area contributed by atoms with E-state index in [2.05, 4.69) is 10.6 Å². The number of hydrogen-bond acceptors (Lipinski definition) is 5. The van der Waals surface area contributed by atoms with Gasteiger partial charge in [0, 0.05) is 12.2 Å². The zero-order valence-electron chi connectivity index (χ0n) is 14.8. The molecule has 7 heteroatoms. The summed E-state index contributed by atoms with van der Waals surface area (Å²) in [4.78, 5) is 36.0. The van der Waals surface area contributed by atoms with Crippen LogP contribution >= 0.6 is 11.3 Å². The van der Waals surface area contributed by atoms with E-state index >= 15 is 0 Å². The molecule has 0 fully saturated rings. The molecule has 0 aliphatic heterocycles. The van der Waals surface area contributed by atoms with Gasteiger partial charge in [0.1, 0.15) is 0 Å². The van der Waals surface area contributed by atoms with E-state index in [1.807, 2.05) is 32.0 Å². The van der Waals surface area contributed by atoms with Gasteiger partial charge in [0.2, 0.25) is 0 Å². The first kappa shape index (κ1) is 19.7. The maximum atomic E-state index is 12.0. The predicted octanol–water partition coefficient (Wildman–Crippen LogP) is 2.92. The lowest BCUT2D eigenvalue weighted by atomic mass is 10.1. The molecule has 0 bridgehead atoms. The molecule has 26 heavy (non-hydrogen) atoms. The molecule has 2 amide bonds. The number of esters is 1. The minimum absolute atomic E-state index is 0.00890. The molecular formula is C19H22N2O4S. The van der Waals surface area contributed by atoms with Crippen LogP contribution in [0.25, 0.3) is 0 Å². The van der Waals surface area contributed by atoms with Crippen molar-refractivity contribution < 1.29 is 19.1 Å². The van der Waals surface area contributed by atoms with Crippen LogP contribution in [0.4, 0.5) is 5.69 Å². The molecular weight excluding hydrogens is 352 g/mol. The molecule has 0 aliphatic carbocycles. The second-order valence-electron chi connectivity index (χ2n) is 5.65. The van der Waals surface area contributed by atoms with Gasteiger partial charge >= 0.3 is 5.97 Å². The highest BCUT2D eigenvalue weighted by atomic mass is 32.1. The molecule has 138 valence electrons. The van der Waals surface area contributed by atoms with Crippen LogP contribution in [0.1, 0.15) is 34.1 Å². The summed E-state index contributed by atoms with van der Waals surface area (Å²) < 4.78 is 4.96. The number of para-hydroxylation sites is 1. The third-order valence-corrected chi connectivity index (χ3v) is 4.60. The monoisotopic (exact) mass is 374 g/mol. The second-order valence-corrected chi connectivity index (χ2v) is 6.60. The van der Waals surface area contributed by atoms with E-state index in [1.165, 1.54) is 11.3 Å². The van der Waals surface area contributed by atoms with Crippen LogP contribution in [0.2, 0.25) is 0 Å². The molecule has 0 unspecified atom stereocenters. The summed E-state index contributed by atoms with van der Waals surface area (Å²) in [5.41, 5.74) is 2.75. The summed E-state index contributed by atoms with van der Waals surface area (Å²) in [5, 5.41) is 7.24. The first-order valence-electron chi connectivity index (χ1n) is 8.37. The van der Waals surface area contributed by atoms with Gasteiger partial charge in [-0.15, -0.1) is 11.3 Å². The number of carbonyl (C=O) groups is 3. The molecule has 1 heterocycles. The fourth-order valence-electron chi connectivity index (χ4n) is 2.37. The highest BCUT2D eigenvalue weighted by molar-refractivity contribution is 7.12. The Kier molecular flexibility index (Phi) is 7.35. The van der Waals surface area contributed by atoms with Crippen molar-refractivity contribution in [2.75, 3.05) is 18.5 Å². The molecule has 2 aromatic rings. The van der Waals surface area contributed by atoms with Crippen LogP contribution in [0.3, 0.4) is 0 Å². The topological polar surface area (TPSA) is 84.5 Å². The van der Waals surface area contributed by atoms with E-state index in [1.54, 1.807) is 17.5 Å². The van der Waals surface area contributed by atoms with Crippen molar-refractivity contribution in [3.63, 3.8) is 0 Å². The van der Waals surface area contributed by atoms with Crippen LogP contribution < -0.4 is 10.6 Å². The Morgan fingerprint density at radius 3 is 2.65 bits per heavy atom. The van der Waals surface area contributed by atoms with Crippen LogP contribution in [0, 0.1) is 6.92 Å². The largest absolute Gasteiger partial charge is 0.456 e. The molecule has 6 nitrogen and oxygen atoms in total. The van der Waals surface area contributed by atoms with Gasteiger partial charge in [-0.1, -0.05) is 31.2 Å². The Balaban J connectivity index is 1.72. The smallest absolute Gasteiger partial charge is 0.308 e. The number of thiophene rings is 1. The number of aryl methyl sites for hydroxylation is 2. The third-order valence-electron chi connectivity index (χ3n) is 3.73. The van der Waals surface area contributed by atoms with Gasteiger partial charge in [-0.05, 0) is 35.9 Å². The lowest BCUT2D eigenvalue weighted by Crippen LogP contribution is -2.27. The summed E-state index contributed by atoms with van der Waals surface area (Å²) in [6.07, 6.45) is 0.802. The summed E-state index contributed by atoms with van der Waals surface area (Å²) in [6, 6.07) is 9.29. The second kappa shape index (κ2) is 9.72. The molecule has 2 N–H and O–H groups in total. The minimum Gasteiger partial charge on any atom is -0.456 e. The number of rotatable bonds is 8. The van der Waals surface area contributed by atoms with Crippen molar-refractivity contribution in [2.45, 2.75) is 26.7 Å². The van der Waals surface area contributed by atoms with Crippen molar-refractivity contribution in [3.05, 3.63) is 51.7 Å². The van der Waals surface area contributed by atoms with Gasteiger partial charge in [0.05, 0.1) is 11.3 Å². The average molecular weight is 374 g/mol. The van der Waals surface area contributed by atoms with Gasteiger partial charge in [-0.25, -0.2) is 0 Å². The standard InChI is InChI=1S/C19H22N2O4S/c1-3-14-7-4-6-13(2)18(14)21-16(22)12-25-17(23)9-10-20-19(24)15-8-5-11-26-15/h4-8,11H,3,9-10,12H2,1-2H3,(H,20,24)(H,21,22). The van der Waals surface area contributed by atoms with E-state index in [0.717, 1.165) is 23.2 Å². The Bertz CT molecular complexity index is 772. The zero-order valence-corrected chi connectivity index (χ0v) is 15.7. The summed E-state index contributed by atoms with van der Waals surface area (Å²) in [6.45, 7) is 3.73. The zero-order chi connectivity index (χ0) is 18.9. The lowest BCUT2D eigenvalue weighted by molar-refractivity contribution is -0.147. The molecule has 1 aromatic carbocycles. The summed E-state index contributed by atoms with van der Waals surface area (Å²) in [5.74, 6) is -1.14. The number of amides is 2. The number of benzene rings is 1. The number of anilines is 1. The van der Waals surface area contributed by atoms with Crippen molar-refractivity contribution >= 4 is 34.8 Å². The fraction of sp³-hybridized carbons (Fsp3) is 0.316. The van der Waals surface area contributed by atoms with Crippen molar-refractivity contribution in [3.8, 4) is 0 Å². The van der Waals surface area contributed by atoms with Crippen molar-refractivity contribution in [2.24, 2.45) is 0 Å². The number of carbonyl (C=O) groups excluding carboxylic acids is 3. The quantitative estimate of drug-likeness (QED) is 0.696. The normalized spacial score (nSPS) is 10.2. The van der Waals surface area contributed by atoms with E-state index in [9.17, 15) is 14.4 Å². The van der Waals surface area contributed by atoms with Crippen LogP contribution in [-0.2, 0) is 20.7 Å². The first-order valence-corrected chi connectivity index (χ1v) is 9.25. The molecule has 0 saturated heterocycles. The van der Waals surface area contributed by atoms with Crippen molar-refractivity contribution in [1.29, 1.82) is 0 Å². The maximum absolute atomic E-state index is 12.0. The minimum atomic E-state index is -0.535. The number of hydrogen-bond donors (Lipinski definition) is 2. The van der Waals surface area contributed by atoms with Gasteiger partial charge in [-0.2, -0.15) is 0 Å². The predicted molar refractivity (Wildman–Crippen MR) is 101 cm³/mol. The highest BCUT2D eigenvalue weighted by Gasteiger charge is 2.12. The van der Waals surface area contributed by atoms with E-state index < -0.39 is 5.97 Å². The van der Waals surface area contributed by atoms with Crippen LogP contribution in [0.5, 0.6) is 0 Å². The van der Waals surface area contributed by atoms with Gasteiger partial charge in [-0.3, -0.25) is 14.4 Å². The molecule has 2 rings (SSSR count). The van der Waals surface area contributed by atoms with E-state index in [4.69, 9.17) is 4.74 Å². The Morgan fingerprint density at radius 1 is 1.15 bits per heavy atom. The Morgan fingerprint density at radius 2 is 1.96 bits per heavy atom. The highest BCUT2D eigenvalue weighted by Crippen LogP contribution is 2.20. The fourth-order valence-corrected chi connectivity index (χ4v) is 3.01. The van der Waals surface area contributed by atoms with E-state index in [-0.39, 0.29) is 31.4 Å². The summed E-state index contributed by atoms with van der Waals surface area (Å²) in [7, 11) is 0. The number of ether oxygens (including phenoxy) is 1. The molecule has 0 spiro atoms. The van der Waals surface area contributed by atoms with Crippen LogP contribution in [-0.4, -0.2) is 30.9 Å². The Hall–Kier alpha value is -2.67. The van der Waals surface area contributed by atoms with E-state index in [0.29, 0.717) is 4.88 Å². The molecule has 0 radical (unpaired) electrons. The average Bonchev–Trinajstić information content (AvgIpc) is 3.16. The number of nitrogens with one attached hydrogen (secondary N) is 2.